The van der Waals surface area contributed by atoms with Gasteiger partial charge in [0.25, 0.3) is 0 Å². The van der Waals surface area contributed by atoms with Crippen molar-refractivity contribution in [2.24, 2.45) is 5.92 Å². The lowest BCUT2D eigenvalue weighted by Crippen LogP contribution is -2.42. The van der Waals surface area contributed by atoms with Crippen molar-refractivity contribution in [3.05, 3.63) is 30.2 Å². The van der Waals surface area contributed by atoms with Crippen LogP contribution < -0.4 is 11.1 Å². The number of likely N-dealkylation sites (tertiary alicyclic amines) is 1. The Morgan fingerprint density at radius 2 is 1.94 bits per heavy atom. The highest BCUT2D eigenvalue weighted by atomic mass is 19.4. The van der Waals surface area contributed by atoms with Crippen molar-refractivity contribution in [2.45, 2.75) is 45.4 Å². The summed E-state index contributed by atoms with van der Waals surface area (Å²) in [6, 6.07) is 1.03. The number of halogens is 3. The molecule has 0 radical (unpaired) electrons. The Morgan fingerprint density at radius 1 is 1.23 bits per heavy atom. The van der Waals surface area contributed by atoms with Crippen molar-refractivity contribution >= 4 is 28.8 Å². The maximum atomic E-state index is 13.2. The third-order valence-corrected chi connectivity index (χ3v) is 5.75. The molecule has 1 aliphatic rings. The smallest absolute Gasteiger partial charge is 0.417 e. The van der Waals surface area contributed by atoms with Gasteiger partial charge in [-0.2, -0.15) is 13.2 Å². The van der Waals surface area contributed by atoms with E-state index in [-0.39, 0.29) is 17.2 Å². The van der Waals surface area contributed by atoms with Crippen LogP contribution in [0.5, 0.6) is 0 Å². The molecule has 3 aromatic heterocycles. The first-order valence-electron chi connectivity index (χ1n) is 11.3. The van der Waals surface area contributed by atoms with Crippen LogP contribution in [0.1, 0.15) is 39.2 Å². The van der Waals surface area contributed by atoms with Gasteiger partial charge in [-0.25, -0.2) is 19.7 Å². The number of alkyl halides is 3. The molecular weight excluding hydrogens is 463 g/mol. The van der Waals surface area contributed by atoms with E-state index in [0.717, 1.165) is 25.1 Å². The van der Waals surface area contributed by atoms with E-state index in [1.165, 1.54) is 12.4 Å². The van der Waals surface area contributed by atoms with Crippen LogP contribution in [0.2, 0.25) is 0 Å². The van der Waals surface area contributed by atoms with Gasteiger partial charge in [-0.3, -0.25) is 0 Å². The number of amides is 1. The lowest BCUT2D eigenvalue weighted by Gasteiger charge is -2.33. The van der Waals surface area contributed by atoms with Gasteiger partial charge in [0.15, 0.2) is 0 Å². The van der Waals surface area contributed by atoms with Gasteiger partial charge in [0.05, 0.1) is 17.4 Å². The maximum Gasteiger partial charge on any atom is 0.417 e. The molecule has 0 unspecified atom stereocenters. The molecule has 1 amide bonds. The topological polar surface area (TPSA) is 122 Å². The molecule has 0 atom stereocenters. The monoisotopic (exact) mass is 491 g/mol. The molecule has 0 aromatic carbocycles. The molecular formula is C23H28F3N7O2. The second kappa shape index (κ2) is 9.23. The lowest BCUT2D eigenvalue weighted by molar-refractivity contribution is -0.137. The number of pyridine rings is 1. The van der Waals surface area contributed by atoms with E-state index in [1.807, 2.05) is 20.8 Å². The number of nitrogen functional groups attached to an aromatic ring is 1. The molecule has 35 heavy (non-hydrogen) atoms. The van der Waals surface area contributed by atoms with E-state index >= 15 is 0 Å². The largest absolute Gasteiger partial charge is 0.444 e. The fourth-order valence-corrected chi connectivity index (χ4v) is 3.93. The van der Waals surface area contributed by atoms with E-state index in [2.05, 4.69) is 25.3 Å². The minimum absolute atomic E-state index is 0.236. The zero-order valence-corrected chi connectivity index (χ0v) is 19.7. The van der Waals surface area contributed by atoms with Crippen LogP contribution in [0.25, 0.3) is 22.3 Å². The van der Waals surface area contributed by atoms with Gasteiger partial charge >= 0.3 is 12.3 Å². The number of anilines is 2. The fourth-order valence-electron chi connectivity index (χ4n) is 3.93. The van der Waals surface area contributed by atoms with Crippen molar-refractivity contribution < 1.29 is 22.7 Å². The number of H-pyrrole nitrogens is 1. The summed E-state index contributed by atoms with van der Waals surface area (Å²) < 4.78 is 45.0. The molecule has 12 heteroatoms. The molecule has 1 saturated heterocycles. The van der Waals surface area contributed by atoms with Crippen LogP contribution in [0.15, 0.2) is 24.7 Å². The first-order valence-corrected chi connectivity index (χ1v) is 11.3. The number of carbonyl (C=O) groups excluding carboxylic acids is 1. The molecule has 4 heterocycles. The van der Waals surface area contributed by atoms with Gasteiger partial charge in [0.1, 0.15) is 16.9 Å². The molecule has 0 saturated carbocycles. The summed E-state index contributed by atoms with van der Waals surface area (Å²) in [4.78, 5) is 29.4. The number of hydrogen-bond acceptors (Lipinski definition) is 7. The van der Waals surface area contributed by atoms with Crippen molar-refractivity contribution in [1.82, 2.24) is 24.8 Å². The summed E-state index contributed by atoms with van der Waals surface area (Å²) in [5.41, 5.74) is 5.94. The number of rotatable bonds is 4. The van der Waals surface area contributed by atoms with Gasteiger partial charge in [-0.1, -0.05) is 0 Å². The number of hydrogen-bond donors (Lipinski definition) is 3. The number of carbonyl (C=O) groups is 1. The molecule has 9 nitrogen and oxygen atoms in total. The standard InChI is InChI=1S/C23H28F3N7O2/c1-22(2,3)35-21(34)33-6-4-13(5-7-33)9-30-20-31-12-17(27)18(32-20)16-11-29-19-15(16)8-14(10-28-19)23(24,25)26/h8,10-13H,4-7,9,27H2,1-3H3,(H,28,29)(H,30,31,32). The van der Waals surface area contributed by atoms with Gasteiger partial charge < -0.3 is 25.7 Å². The normalized spacial score (nSPS) is 15.4. The summed E-state index contributed by atoms with van der Waals surface area (Å²) in [6.45, 7) is 7.29. The summed E-state index contributed by atoms with van der Waals surface area (Å²) in [5.74, 6) is 0.614. The van der Waals surface area contributed by atoms with E-state index in [0.29, 0.717) is 48.4 Å². The predicted molar refractivity (Wildman–Crippen MR) is 126 cm³/mol. The number of aromatic nitrogens is 4. The molecule has 188 valence electrons. The quantitative estimate of drug-likeness (QED) is 0.484. The van der Waals surface area contributed by atoms with Crippen molar-refractivity contribution in [1.29, 1.82) is 0 Å². The Kier molecular flexibility index (Phi) is 6.48. The molecule has 1 aliphatic heterocycles. The Hall–Kier alpha value is -3.57. The van der Waals surface area contributed by atoms with Crippen LogP contribution in [-0.4, -0.2) is 56.2 Å². The number of nitrogens with zero attached hydrogens (tertiary/aromatic N) is 4. The Bertz CT molecular complexity index is 1210. The van der Waals surface area contributed by atoms with Crippen LogP contribution in [-0.2, 0) is 10.9 Å². The summed E-state index contributed by atoms with van der Waals surface area (Å²) in [7, 11) is 0. The van der Waals surface area contributed by atoms with Crippen molar-refractivity contribution in [2.75, 3.05) is 30.7 Å². The van der Waals surface area contributed by atoms with Crippen LogP contribution in [0.4, 0.5) is 29.6 Å². The lowest BCUT2D eigenvalue weighted by atomic mass is 9.97. The average Bonchev–Trinajstić information content (AvgIpc) is 3.20. The van der Waals surface area contributed by atoms with E-state index < -0.39 is 17.3 Å². The maximum absolute atomic E-state index is 13.2. The first kappa shape index (κ1) is 24.6. The van der Waals surface area contributed by atoms with E-state index in [1.54, 1.807) is 4.90 Å². The molecule has 1 fully saturated rings. The Balaban J connectivity index is 1.43. The summed E-state index contributed by atoms with van der Waals surface area (Å²) in [5, 5.41) is 3.46. The van der Waals surface area contributed by atoms with Crippen LogP contribution in [0, 0.1) is 5.92 Å². The fraction of sp³-hybridized carbons (Fsp3) is 0.478. The predicted octanol–water partition coefficient (Wildman–Crippen LogP) is 4.68. The minimum Gasteiger partial charge on any atom is -0.444 e. The molecule has 4 rings (SSSR count). The highest BCUT2D eigenvalue weighted by Gasteiger charge is 2.32. The van der Waals surface area contributed by atoms with Crippen LogP contribution >= 0.6 is 0 Å². The van der Waals surface area contributed by atoms with Crippen LogP contribution in [0.3, 0.4) is 0 Å². The molecule has 0 spiro atoms. The van der Waals surface area contributed by atoms with E-state index in [9.17, 15) is 18.0 Å². The number of fused-ring (bicyclic) bond motifs is 1. The minimum atomic E-state index is -4.52. The third-order valence-electron chi connectivity index (χ3n) is 5.75. The molecule has 0 aliphatic carbocycles. The van der Waals surface area contributed by atoms with Gasteiger partial charge in [0.2, 0.25) is 5.95 Å². The third kappa shape index (κ3) is 5.75. The second-order valence-electron chi connectivity index (χ2n) is 9.61. The van der Waals surface area contributed by atoms with Gasteiger partial charge in [-0.15, -0.1) is 0 Å². The zero-order chi connectivity index (χ0) is 25.4. The average molecular weight is 492 g/mol. The number of nitrogens with one attached hydrogen (secondary N) is 2. The van der Waals surface area contributed by atoms with Gasteiger partial charge in [0, 0.05) is 43.0 Å². The van der Waals surface area contributed by atoms with Gasteiger partial charge in [-0.05, 0) is 45.6 Å². The Morgan fingerprint density at radius 3 is 2.60 bits per heavy atom. The number of nitrogens with two attached hydrogens (primary N) is 1. The summed E-state index contributed by atoms with van der Waals surface area (Å²) >= 11 is 0. The number of ether oxygens (including phenoxy) is 1. The highest BCUT2D eigenvalue weighted by Crippen LogP contribution is 2.35. The second-order valence-corrected chi connectivity index (χ2v) is 9.61. The highest BCUT2D eigenvalue weighted by molar-refractivity contribution is 5.95. The van der Waals surface area contributed by atoms with Crippen molar-refractivity contribution in [3.8, 4) is 11.3 Å². The molecule has 3 aromatic rings. The summed E-state index contributed by atoms with van der Waals surface area (Å²) in [6.07, 6.45) is 0.510. The first-order chi connectivity index (χ1) is 16.4. The van der Waals surface area contributed by atoms with Crippen molar-refractivity contribution in [3.63, 3.8) is 0 Å². The number of piperidine rings is 1. The zero-order valence-electron chi connectivity index (χ0n) is 19.7. The number of aromatic amines is 1. The SMILES string of the molecule is CC(C)(C)OC(=O)N1CCC(CNc2ncc(N)c(-c3c[nH]c4ncc(C(F)(F)F)cc34)n2)CC1. The molecule has 4 N–H and O–H groups in total. The molecule has 0 bridgehead atoms. The Labute approximate surface area is 200 Å². The van der Waals surface area contributed by atoms with E-state index in [4.69, 9.17) is 10.5 Å².